The fourth-order valence-corrected chi connectivity index (χ4v) is 3.85. The third kappa shape index (κ3) is 3.44. The van der Waals surface area contributed by atoms with Crippen LogP contribution in [0.4, 0.5) is 14.6 Å². The van der Waals surface area contributed by atoms with Gasteiger partial charge in [0.05, 0.1) is 30.7 Å². The van der Waals surface area contributed by atoms with Gasteiger partial charge < -0.3 is 15.0 Å². The lowest BCUT2D eigenvalue weighted by atomic mass is 10.1. The summed E-state index contributed by atoms with van der Waals surface area (Å²) < 4.78 is 31.1. The summed E-state index contributed by atoms with van der Waals surface area (Å²) >= 11 is 0. The highest BCUT2D eigenvalue weighted by Gasteiger charge is 2.36. The molecular formula is C19H18F2N8O2. The largest absolute Gasteiger partial charge is 0.396 e. The predicted molar refractivity (Wildman–Crippen MR) is 105 cm³/mol. The molecule has 0 radical (unpaired) electrons. The van der Waals surface area contributed by atoms with E-state index >= 15 is 0 Å². The molecule has 1 aliphatic rings. The number of nitrogens with one attached hydrogen (secondary N) is 1. The van der Waals surface area contributed by atoms with Gasteiger partial charge in [-0.05, 0) is 18.2 Å². The summed E-state index contributed by atoms with van der Waals surface area (Å²) in [5.74, 6) is 0.322. The van der Waals surface area contributed by atoms with E-state index in [-0.39, 0.29) is 25.1 Å². The highest BCUT2D eigenvalue weighted by Crippen LogP contribution is 2.35. The van der Waals surface area contributed by atoms with E-state index in [4.69, 9.17) is 5.11 Å². The molecule has 0 bridgehead atoms. The van der Waals surface area contributed by atoms with Gasteiger partial charge in [-0.3, -0.25) is 4.79 Å². The number of aliphatic hydroxyl groups is 1. The Labute approximate surface area is 173 Å². The van der Waals surface area contributed by atoms with Crippen molar-refractivity contribution in [1.82, 2.24) is 34.6 Å². The second-order valence-corrected chi connectivity index (χ2v) is 7.31. The molecule has 0 amide bonds. The molecule has 0 aromatic carbocycles. The van der Waals surface area contributed by atoms with Gasteiger partial charge in [0.15, 0.2) is 11.5 Å². The summed E-state index contributed by atoms with van der Waals surface area (Å²) in [6, 6.07) is 3.88. The van der Waals surface area contributed by atoms with Crippen LogP contribution >= 0.6 is 0 Å². The quantitative estimate of drug-likeness (QED) is 0.486. The third-order valence-electron chi connectivity index (χ3n) is 5.27. The van der Waals surface area contributed by atoms with Crippen molar-refractivity contribution in [2.24, 2.45) is 0 Å². The molecule has 31 heavy (non-hydrogen) atoms. The van der Waals surface area contributed by atoms with Crippen LogP contribution in [0.25, 0.3) is 11.5 Å². The minimum Gasteiger partial charge on any atom is -0.396 e. The van der Waals surface area contributed by atoms with Gasteiger partial charge in [-0.2, -0.15) is 4.52 Å². The van der Waals surface area contributed by atoms with Crippen LogP contribution in [-0.4, -0.2) is 59.0 Å². The SMILES string of the molecule is O=c1[nH]cc(F)cc1[C@H]1C[C@H](F)CN1c1ccc2ncc(-n3cc(CCO)nn3)n2n1. The Morgan fingerprint density at radius 2 is 2.19 bits per heavy atom. The first-order chi connectivity index (χ1) is 15.0. The molecule has 12 heteroatoms. The molecule has 4 aromatic heterocycles. The Hall–Kier alpha value is -3.67. The molecule has 5 heterocycles. The average Bonchev–Trinajstić information content (AvgIpc) is 3.47. The Bertz CT molecular complexity index is 1300. The highest BCUT2D eigenvalue weighted by atomic mass is 19.1. The van der Waals surface area contributed by atoms with Crippen molar-refractivity contribution in [2.45, 2.75) is 25.1 Å². The molecule has 1 saturated heterocycles. The fourth-order valence-electron chi connectivity index (χ4n) is 3.85. The van der Waals surface area contributed by atoms with Crippen LogP contribution in [-0.2, 0) is 6.42 Å². The summed E-state index contributed by atoms with van der Waals surface area (Å²) in [7, 11) is 0. The predicted octanol–water partition coefficient (Wildman–Crippen LogP) is 0.962. The maximum absolute atomic E-state index is 14.4. The summed E-state index contributed by atoms with van der Waals surface area (Å²) in [5, 5.41) is 21.7. The number of rotatable bonds is 5. The van der Waals surface area contributed by atoms with Crippen molar-refractivity contribution < 1.29 is 13.9 Å². The van der Waals surface area contributed by atoms with Crippen molar-refractivity contribution in [2.75, 3.05) is 18.1 Å². The number of fused-ring (bicyclic) bond motifs is 1. The van der Waals surface area contributed by atoms with Crippen LogP contribution in [0.2, 0.25) is 0 Å². The molecular weight excluding hydrogens is 410 g/mol. The summed E-state index contributed by atoms with van der Waals surface area (Å²) in [6.07, 6.45) is 3.44. The van der Waals surface area contributed by atoms with Gasteiger partial charge in [-0.1, -0.05) is 5.21 Å². The van der Waals surface area contributed by atoms with Gasteiger partial charge in [0.1, 0.15) is 17.8 Å². The number of pyridine rings is 1. The van der Waals surface area contributed by atoms with Crippen LogP contribution < -0.4 is 10.5 Å². The minimum absolute atomic E-state index is 0.0210. The number of hydrogen-bond donors (Lipinski definition) is 2. The number of imidazole rings is 1. The number of halogens is 2. The number of nitrogens with zero attached hydrogens (tertiary/aromatic N) is 7. The zero-order valence-electron chi connectivity index (χ0n) is 16.2. The average molecular weight is 428 g/mol. The zero-order chi connectivity index (χ0) is 21.5. The second-order valence-electron chi connectivity index (χ2n) is 7.31. The van der Waals surface area contributed by atoms with Gasteiger partial charge in [0, 0.05) is 31.2 Å². The molecule has 0 spiro atoms. The van der Waals surface area contributed by atoms with Crippen LogP contribution in [0, 0.1) is 5.82 Å². The summed E-state index contributed by atoms with van der Waals surface area (Å²) in [6.45, 7) is -0.0265. The molecule has 0 unspecified atom stereocenters. The Kier molecular flexibility index (Phi) is 4.70. The van der Waals surface area contributed by atoms with E-state index in [1.807, 2.05) is 0 Å². The van der Waals surface area contributed by atoms with Crippen LogP contribution in [0.1, 0.15) is 23.7 Å². The highest BCUT2D eigenvalue weighted by molar-refractivity contribution is 5.51. The maximum Gasteiger partial charge on any atom is 0.253 e. The van der Waals surface area contributed by atoms with Crippen molar-refractivity contribution in [3.63, 3.8) is 0 Å². The van der Waals surface area contributed by atoms with E-state index in [1.54, 1.807) is 29.4 Å². The number of hydrogen-bond acceptors (Lipinski definition) is 7. The fraction of sp³-hybridized carbons (Fsp3) is 0.316. The molecule has 5 rings (SSSR count). The number of alkyl halides is 1. The van der Waals surface area contributed by atoms with Crippen molar-refractivity contribution in [1.29, 1.82) is 0 Å². The molecule has 2 atom stereocenters. The topological polar surface area (TPSA) is 117 Å². The molecule has 4 aromatic rings. The molecule has 160 valence electrons. The minimum atomic E-state index is -1.19. The van der Waals surface area contributed by atoms with Gasteiger partial charge >= 0.3 is 0 Å². The Balaban J connectivity index is 1.56. The maximum atomic E-state index is 14.4. The molecule has 0 saturated carbocycles. The van der Waals surface area contributed by atoms with Crippen LogP contribution in [0.3, 0.4) is 0 Å². The van der Waals surface area contributed by atoms with Gasteiger partial charge in [0.2, 0.25) is 0 Å². The number of aliphatic hydroxyl groups excluding tert-OH is 1. The van der Waals surface area contributed by atoms with Crippen LogP contribution in [0.5, 0.6) is 0 Å². The van der Waals surface area contributed by atoms with Gasteiger partial charge in [0.25, 0.3) is 5.56 Å². The van der Waals surface area contributed by atoms with E-state index in [0.717, 1.165) is 12.3 Å². The number of anilines is 1. The van der Waals surface area contributed by atoms with Crippen molar-refractivity contribution in [3.05, 3.63) is 64.2 Å². The van der Waals surface area contributed by atoms with E-state index < -0.39 is 23.6 Å². The smallest absolute Gasteiger partial charge is 0.253 e. The first-order valence-electron chi connectivity index (χ1n) is 9.69. The van der Waals surface area contributed by atoms with E-state index in [9.17, 15) is 13.6 Å². The van der Waals surface area contributed by atoms with E-state index in [1.165, 1.54) is 9.20 Å². The number of aromatic amines is 1. The monoisotopic (exact) mass is 428 g/mol. The number of H-pyrrole nitrogens is 1. The zero-order valence-corrected chi connectivity index (χ0v) is 16.2. The lowest BCUT2D eigenvalue weighted by Crippen LogP contribution is -2.29. The van der Waals surface area contributed by atoms with Crippen molar-refractivity contribution >= 4 is 11.5 Å². The van der Waals surface area contributed by atoms with Gasteiger partial charge in [-0.15, -0.1) is 10.2 Å². The molecule has 1 fully saturated rings. The lowest BCUT2D eigenvalue weighted by molar-refractivity contribution is 0.298. The molecule has 0 aliphatic carbocycles. The second kappa shape index (κ2) is 7.54. The molecule has 1 aliphatic heterocycles. The molecule has 10 nitrogen and oxygen atoms in total. The first-order valence-corrected chi connectivity index (χ1v) is 9.69. The van der Waals surface area contributed by atoms with E-state index in [0.29, 0.717) is 29.4 Å². The Morgan fingerprint density at radius 3 is 3.03 bits per heavy atom. The Morgan fingerprint density at radius 1 is 1.32 bits per heavy atom. The van der Waals surface area contributed by atoms with Crippen molar-refractivity contribution in [3.8, 4) is 5.82 Å². The summed E-state index contributed by atoms with van der Waals surface area (Å²) in [4.78, 5) is 20.6. The molecule has 2 N–H and O–H groups in total. The van der Waals surface area contributed by atoms with Crippen LogP contribution in [0.15, 0.2) is 41.6 Å². The normalized spacial score (nSPS) is 18.9. The summed E-state index contributed by atoms with van der Waals surface area (Å²) in [5.41, 5.74) is 0.833. The van der Waals surface area contributed by atoms with Gasteiger partial charge in [-0.25, -0.2) is 18.4 Å². The lowest BCUT2D eigenvalue weighted by Gasteiger charge is -2.25. The number of aromatic nitrogens is 7. The first kappa shape index (κ1) is 19.3. The third-order valence-corrected chi connectivity index (χ3v) is 5.27. The standard InChI is InChI=1S/C19H18F2N8O2/c20-11-5-14(19(31)23-7-11)15-6-12(21)9-27(15)17-2-1-16-22-8-18(29(16)25-17)28-10-13(3-4-30)24-26-28/h1-2,5,7-8,10,12,15,30H,3-4,6,9H2,(H,23,31)/t12-,15+/m0/s1. The van der Waals surface area contributed by atoms with E-state index in [2.05, 4.69) is 25.4 Å².